The third-order valence-electron chi connectivity index (χ3n) is 2.31. The molecule has 2 rings (SSSR count). The van der Waals surface area contributed by atoms with Crippen molar-refractivity contribution in [1.82, 2.24) is 15.2 Å². The topological polar surface area (TPSA) is 86.1 Å². The number of amides is 1. The Morgan fingerprint density at radius 3 is 3.06 bits per heavy atom. The molecule has 2 aromatic rings. The molecule has 6 nitrogen and oxygen atoms in total. The van der Waals surface area contributed by atoms with E-state index in [2.05, 4.69) is 27.7 Å². The minimum absolute atomic E-state index is 0.210. The van der Waals surface area contributed by atoms with Gasteiger partial charge in [-0.3, -0.25) is 14.9 Å². The monoisotopic (exact) mass is 346 g/mol. The summed E-state index contributed by atoms with van der Waals surface area (Å²) >= 11 is 2.19. The lowest BCUT2D eigenvalue weighted by Gasteiger charge is -1.98. The van der Waals surface area contributed by atoms with Crippen LogP contribution in [-0.2, 0) is 6.54 Å². The third kappa shape index (κ3) is 2.67. The second-order valence-electron chi connectivity index (χ2n) is 3.52. The molecule has 0 atom stereocenters. The van der Waals surface area contributed by atoms with Gasteiger partial charge in [0.05, 0.1) is 16.3 Å². The molecule has 0 saturated carbocycles. The summed E-state index contributed by atoms with van der Waals surface area (Å²) in [6, 6.07) is 1.67. The molecule has 17 heavy (non-hydrogen) atoms. The van der Waals surface area contributed by atoms with E-state index < -0.39 is 5.91 Å². The molecule has 0 aliphatic carbocycles. The number of carbonyl (C=O) groups excluding carboxylic acids is 1. The summed E-state index contributed by atoms with van der Waals surface area (Å²) in [4.78, 5) is 11.3. The van der Waals surface area contributed by atoms with Crippen molar-refractivity contribution in [2.45, 2.75) is 13.5 Å². The molecule has 0 aliphatic heterocycles. The van der Waals surface area contributed by atoms with Gasteiger partial charge in [-0.2, -0.15) is 5.10 Å². The lowest BCUT2D eigenvalue weighted by atomic mass is 10.2. The smallest absolute Gasteiger partial charge is 0.300 e. The van der Waals surface area contributed by atoms with Gasteiger partial charge in [0.2, 0.25) is 0 Å². The molecule has 0 fully saturated rings. The molecular weight excluding hydrogens is 335 g/mol. The Morgan fingerprint density at radius 1 is 1.71 bits per heavy atom. The van der Waals surface area contributed by atoms with E-state index in [4.69, 9.17) is 10.3 Å². The van der Waals surface area contributed by atoms with Gasteiger partial charge in [0.1, 0.15) is 5.76 Å². The predicted molar refractivity (Wildman–Crippen MR) is 69.1 cm³/mol. The van der Waals surface area contributed by atoms with E-state index in [1.54, 1.807) is 23.9 Å². The maximum Gasteiger partial charge on any atom is 0.300 e. The van der Waals surface area contributed by atoms with E-state index in [0.29, 0.717) is 12.3 Å². The number of nitrogens with two attached hydrogens (primary N) is 1. The van der Waals surface area contributed by atoms with Gasteiger partial charge in [0.15, 0.2) is 5.76 Å². The molecule has 2 heterocycles. The van der Waals surface area contributed by atoms with Gasteiger partial charge in [0.25, 0.3) is 0 Å². The molecule has 0 unspecified atom stereocenters. The first-order chi connectivity index (χ1) is 8.10. The molecule has 90 valence electrons. The quantitative estimate of drug-likeness (QED) is 0.376. The number of halogens is 1. The van der Waals surface area contributed by atoms with Crippen LogP contribution in [0.15, 0.2) is 22.9 Å². The SMILES string of the molecule is Cc1oc(C(=O)NN)cc1Cn1cc(I)cn1. The minimum atomic E-state index is -0.436. The van der Waals surface area contributed by atoms with Crippen LogP contribution >= 0.6 is 22.6 Å². The van der Waals surface area contributed by atoms with Crippen molar-refractivity contribution < 1.29 is 9.21 Å². The number of aromatic nitrogens is 2. The molecule has 0 spiro atoms. The van der Waals surface area contributed by atoms with Crippen molar-refractivity contribution in [2.75, 3.05) is 0 Å². The zero-order valence-electron chi connectivity index (χ0n) is 9.11. The summed E-state index contributed by atoms with van der Waals surface area (Å²) < 4.78 is 8.15. The fourth-order valence-electron chi connectivity index (χ4n) is 1.46. The van der Waals surface area contributed by atoms with Crippen LogP contribution < -0.4 is 11.3 Å². The van der Waals surface area contributed by atoms with Crippen LogP contribution in [0.4, 0.5) is 0 Å². The van der Waals surface area contributed by atoms with Crippen molar-refractivity contribution in [3.8, 4) is 0 Å². The zero-order chi connectivity index (χ0) is 12.4. The number of hydrazine groups is 1. The first kappa shape index (κ1) is 12.1. The van der Waals surface area contributed by atoms with Crippen LogP contribution in [0.3, 0.4) is 0 Å². The van der Waals surface area contributed by atoms with Gasteiger partial charge in [0, 0.05) is 11.8 Å². The molecule has 0 saturated heterocycles. The van der Waals surface area contributed by atoms with Gasteiger partial charge in [-0.25, -0.2) is 5.84 Å². The Bertz CT molecular complexity index is 546. The number of hydrogen-bond donors (Lipinski definition) is 2. The van der Waals surface area contributed by atoms with Crippen LogP contribution in [-0.4, -0.2) is 15.7 Å². The van der Waals surface area contributed by atoms with E-state index in [1.807, 2.05) is 11.6 Å². The van der Waals surface area contributed by atoms with Crippen LogP contribution in [0.5, 0.6) is 0 Å². The van der Waals surface area contributed by atoms with E-state index in [1.165, 1.54) is 0 Å². The normalized spacial score (nSPS) is 10.5. The molecule has 3 N–H and O–H groups in total. The summed E-state index contributed by atoms with van der Waals surface area (Å²) in [5, 5.41) is 4.17. The summed E-state index contributed by atoms with van der Waals surface area (Å²) in [6.07, 6.45) is 3.68. The standard InChI is InChI=1S/C10H11IN4O2/c1-6-7(2-9(17-6)10(16)14-12)4-15-5-8(11)3-13-15/h2-3,5H,4,12H2,1H3,(H,14,16). The highest BCUT2D eigenvalue weighted by Gasteiger charge is 2.13. The molecule has 0 aliphatic rings. The predicted octanol–water partition coefficient (Wildman–Crippen LogP) is 1.04. The summed E-state index contributed by atoms with van der Waals surface area (Å²) in [5.74, 6) is 5.50. The van der Waals surface area contributed by atoms with E-state index in [-0.39, 0.29) is 5.76 Å². The van der Waals surface area contributed by atoms with E-state index in [0.717, 1.165) is 9.13 Å². The van der Waals surface area contributed by atoms with Crippen LogP contribution in [0.25, 0.3) is 0 Å². The number of aryl methyl sites for hydroxylation is 1. The van der Waals surface area contributed by atoms with Crippen molar-refractivity contribution in [2.24, 2.45) is 5.84 Å². The summed E-state index contributed by atoms with van der Waals surface area (Å²) in [7, 11) is 0. The highest BCUT2D eigenvalue weighted by atomic mass is 127. The largest absolute Gasteiger partial charge is 0.456 e. The van der Waals surface area contributed by atoms with Crippen molar-refractivity contribution in [3.63, 3.8) is 0 Å². The molecule has 0 bridgehead atoms. The Balaban J connectivity index is 2.21. The van der Waals surface area contributed by atoms with Gasteiger partial charge in [-0.1, -0.05) is 0 Å². The average Bonchev–Trinajstić information content (AvgIpc) is 2.86. The molecule has 0 aromatic carbocycles. The number of nitrogens with zero attached hydrogens (tertiary/aromatic N) is 2. The fraction of sp³-hybridized carbons (Fsp3) is 0.200. The molecule has 1 amide bonds. The Hall–Kier alpha value is -1.35. The highest BCUT2D eigenvalue weighted by molar-refractivity contribution is 14.1. The van der Waals surface area contributed by atoms with E-state index >= 15 is 0 Å². The van der Waals surface area contributed by atoms with Gasteiger partial charge < -0.3 is 4.42 Å². The molecule has 0 radical (unpaired) electrons. The highest BCUT2D eigenvalue weighted by Crippen LogP contribution is 2.16. The summed E-state index contributed by atoms with van der Waals surface area (Å²) in [5.41, 5.74) is 2.94. The maximum atomic E-state index is 11.3. The third-order valence-corrected chi connectivity index (χ3v) is 2.87. The second kappa shape index (κ2) is 4.88. The number of furan rings is 1. The van der Waals surface area contributed by atoms with Gasteiger partial charge in [-0.15, -0.1) is 0 Å². The Morgan fingerprint density at radius 2 is 2.47 bits per heavy atom. The molecule has 7 heteroatoms. The number of nitrogen functional groups attached to an aromatic ring is 1. The van der Waals surface area contributed by atoms with Crippen molar-refractivity contribution in [3.05, 3.63) is 39.1 Å². The van der Waals surface area contributed by atoms with Crippen molar-refractivity contribution in [1.29, 1.82) is 0 Å². The molecular formula is C10H11IN4O2. The Labute approximate surface area is 111 Å². The average molecular weight is 346 g/mol. The molecule has 2 aromatic heterocycles. The van der Waals surface area contributed by atoms with E-state index in [9.17, 15) is 4.79 Å². The number of nitrogens with one attached hydrogen (secondary N) is 1. The second-order valence-corrected chi connectivity index (χ2v) is 4.77. The lowest BCUT2D eigenvalue weighted by Crippen LogP contribution is -2.29. The first-order valence-corrected chi connectivity index (χ1v) is 5.96. The van der Waals surface area contributed by atoms with Crippen LogP contribution in [0.1, 0.15) is 21.9 Å². The Kier molecular flexibility index (Phi) is 3.48. The van der Waals surface area contributed by atoms with Crippen LogP contribution in [0, 0.1) is 10.5 Å². The minimum Gasteiger partial charge on any atom is -0.456 e. The lowest BCUT2D eigenvalue weighted by molar-refractivity contribution is 0.0924. The van der Waals surface area contributed by atoms with Crippen molar-refractivity contribution >= 4 is 28.5 Å². The first-order valence-electron chi connectivity index (χ1n) is 4.88. The maximum absolute atomic E-state index is 11.3. The number of hydrogen-bond acceptors (Lipinski definition) is 4. The van der Waals surface area contributed by atoms with Crippen LogP contribution in [0.2, 0.25) is 0 Å². The summed E-state index contributed by atoms with van der Waals surface area (Å²) in [6.45, 7) is 2.37. The fourth-order valence-corrected chi connectivity index (χ4v) is 1.91. The number of carbonyl (C=O) groups is 1. The zero-order valence-corrected chi connectivity index (χ0v) is 11.3. The van der Waals surface area contributed by atoms with Gasteiger partial charge in [-0.05, 0) is 35.6 Å². The number of rotatable bonds is 3. The van der Waals surface area contributed by atoms with Gasteiger partial charge >= 0.3 is 5.91 Å².